The van der Waals surface area contributed by atoms with Gasteiger partial charge in [-0.25, -0.2) is 0 Å². The molecular weight excluding hydrogens is 228 g/mol. The van der Waals surface area contributed by atoms with E-state index >= 15 is 0 Å². The summed E-state index contributed by atoms with van der Waals surface area (Å²) in [5.41, 5.74) is -0.830. The maximum atomic E-state index is 11.6. The number of ether oxygens (including phenoxy) is 2. The smallest absolute Gasteiger partial charge is 0.165 e. The topological polar surface area (TPSA) is 35.5 Å². The lowest BCUT2D eigenvalue weighted by molar-refractivity contribution is -0.133. The first-order chi connectivity index (χ1) is 8.66. The predicted octanol–water partition coefficient (Wildman–Crippen LogP) is 2.88. The minimum Gasteiger partial charge on any atom is -0.458 e. The van der Waals surface area contributed by atoms with Crippen LogP contribution in [0.5, 0.6) is 5.75 Å². The maximum absolute atomic E-state index is 11.6. The van der Waals surface area contributed by atoms with Gasteiger partial charge >= 0.3 is 0 Å². The summed E-state index contributed by atoms with van der Waals surface area (Å²) in [7, 11) is 1.54. The normalized spacial score (nSPS) is 22.4. The summed E-state index contributed by atoms with van der Waals surface area (Å²) in [6, 6.07) is 9.54. The van der Waals surface area contributed by atoms with Crippen LogP contribution in [-0.2, 0) is 9.53 Å². The zero-order valence-electron chi connectivity index (χ0n) is 10.6. The monoisotopic (exact) mass is 244 g/mol. The van der Waals surface area contributed by atoms with E-state index in [4.69, 9.17) is 9.47 Å². The van der Waals surface area contributed by atoms with Crippen molar-refractivity contribution < 1.29 is 14.3 Å². The van der Waals surface area contributed by atoms with Crippen molar-refractivity contribution in [1.29, 1.82) is 0 Å². The number of carbonyl (C=O) groups excluding carboxylic acids is 1. The molecule has 0 spiro atoms. The van der Waals surface area contributed by atoms with Gasteiger partial charge in [0.05, 0.1) is 0 Å². The minimum absolute atomic E-state index is 0.00346. The Balaban J connectivity index is 2.08. The van der Waals surface area contributed by atoms with Crippen molar-refractivity contribution in [2.45, 2.75) is 18.9 Å². The number of allylic oxidation sites excluding steroid dienone is 1. The van der Waals surface area contributed by atoms with Crippen LogP contribution in [0.3, 0.4) is 0 Å². The van der Waals surface area contributed by atoms with Crippen LogP contribution < -0.4 is 4.74 Å². The summed E-state index contributed by atoms with van der Waals surface area (Å²) in [4.78, 5) is 11.6. The SMILES string of the molecule is COC1(C(C)=O)C=CC(Oc2ccccc2)=CC1. The second-order valence-corrected chi connectivity index (χ2v) is 4.21. The molecule has 1 atom stereocenters. The van der Waals surface area contributed by atoms with E-state index in [2.05, 4.69) is 0 Å². The van der Waals surface area contributed by atoms with E-state index in [1.165, 1.54) is 6.92 Å². The molecule has 0 aromatic heterocycles. The lowest BCUT2D eigenvalue weighted by Gasteiger charge is -2.27. The fraction of sp³-hybridized carbons (Fsp3) is 0.267. The first-order valence-electron chi connectivity index (χ1n) is 5.85. The molecule has 3 nitrogen and oxygen atoms in total. The van der Waals surface area contributed by atoms with Crippen LogP contribution in [0.15, 0.2) is 54.3 Å². The van der Waals surface area contributed by atoms with Gasteiger partial charge < -0.3 is 9.47 Å². The molecule has 0 amide bonds. The first kappa shape index (κ1) is 12.6. The predicted molar refractivity (Wildman–Crippen MR) is 69.3 cm³/mol. The molecule has 1 unspecified atom stereocenters. The lowest BCUT2D eigenvalue weighted by Crippen LogP contribution is -2.37. The molecule has 0 bridgehead atoms. The average molecular weight is 244 g/mol. The summed E-state index contributed by atoms with van der Waals surface area (Å²) >= 11 is 0. The molecule has 3 heteroatoms. The number of ketones is 1. The van der Waals surface area contributed by atoms with Crippen molar-refractivity contribution in [1.82, 2.24) is 0 Å². The van der Waals surface area contributed by atoms with Crippen LogP contribution in [0.2, 0.25) is 0 Å². The van der Waals surface area contributed by atoms with Gasteiger partial charge in [0.1, 0.15) is 17.1 Å². The Kier molecular flexibility index (Phi) is 3.63. The van der Waals surface area contributed by atoms with Crippen molar-refractivity contribution in [2.24, 2.45) is 0 Å². The molecule has 0 fully saturated rings. The molecular formula is C15H16O3. The van der Waals surface area contributed by atoms with Gasteiger partial charge in [0.25, 0.3) is 0 Å². The molecule has 0 heterocycles. The van der Waals surface area contributed by atoms with Gasteiger partial charge in [-0.3, -0.25) is 4.79 Å². The zero-order chi connectivity index (χ0) is 13.0. The van der Waals surface area contributed by atoms with E-state index in [-0.39, 0.29) is 5.78 Å². The molecule has 1 aromatic rings. The van der Waals surface area contributed by atoms with Crippen LogP contribution >= 0.6 is 0 Å². The van der Waals surface area contributed by atoms with Gasteiger partial charge in [-0.05, 0) is 37.3 Å². The van der Waals surface area contributed by atoms with E-state index < -0.39 is 5.60 Å². The van der Waals surface area contributed by atoms with Crippen molar-refractivity contribution in [2.75, 3.05) is 7.11 Å². The Morgan fingerprint density at radius 2 is 2.00 bits per heavy atom. The van der Waals surface area contributed by atoms with E-state index in [1.807, 2.05) is 36.4 Å². The fourth-order valence-electron chi connectivity index (χ4n) is 1.86. The Hall–Kier alpha value is -1.87. The van der Waals surface area contributed by atoms with Crippen LogP contribution in [0.25, 0.3) is 0 Å². The second kappa shape index (κ2) is 5.19. The third kappa shape index (κ3) is 2.51. The molecule has 2 rings (SSSR count). The Morgan fingerprint density at radius 3 is 2.50 bits per heavy atom. The zero-order valence-corrected chi connectivity index (χ0v) is 10.6. The molecule has 0 radical (unpaired) electrons. The molecule has 1 aromatic carbocycles. The quantitative estimate of drug-likeness (QED) is 0.817. The number of carbonyl (C=O) groups is 1. The van der Waals surface area contributed by atoms with Crippen LogP contribution in [-0.4, -0.2) is 18.5 Å². The number of methoxy groups -OCH3 is 1. The molecule has 1 aliphatic carbocycles. The van der Waals surface area contributed by atoms with E-state index in [1.54, 1.807) is 19.3 Å². The Bertz CT molecular complexity index is 488. The summed E-state index contributed by atoms with van der Waals surface area (Å²) in [6.07, 6.45) is 5.91. The highest BCUT2D eigenvalue weighted by Crippen LogP contribution is 2.26. The van der Waals surface area contributed by atoms with Crippen molar-refractivity contribution >= 4 is 5.78 Å². The number of hydrogen-bond donors (Lipinski definition) is 0. The van der Waals surface area contributed by atoms with Crippen LogP contribution in [0.1, 0.15) is 13.3 Å². The molecule has 0 aliphatic heterocycles. The van der Waals surface area contributed by atoms with E-state index in [0.717, 1.165) is 11.5 Å². The summed E-state index contributed by atoms with van der Waals surface area (Å²) < 4.78 is 11.0. The van der Waals surface area contributed by atoms with E-state index in [0.29, 0.717) is 6.42 Å². The number of Topliss-reactive ketones (excluding diaryl/α,β-unsaturated/α-hetero) is 1. The number of hydrogen-bond acceptors (Lipinski definition) is 3. The van der Waals surface area contributed by atoms with Gasteiger partial charge in [0, 0.05) is 13.5 Å². The minimum atomic E-state index is -0.830. The van der Waals surface area contributed by atoms with Crippen LogP contribution in [0, 0.1) is 0 Å². The molecule has 1 aliphatic rings. The third-order valence-corrected chi connectivity index (χ3v) is 3.06. The van der Waals surface area contributed by atoms with Gasteiger partial charge in [-0.15, -0.1) is 0 Å². The molecule has 0 N–H and O–H groups in total. The Labute approximate surface area is 107 Å². The summed E-state index contributed by atoms with van der Waals surface area (Å²) in [5.74, 6) is 1.51. The van der Waals surface area contributed by atoms with Crippen molar-refractivity contribution in [3.05, 3.63) is 54.3 Å². The van der Waals surface area contributed by atoms with Crippen molar-refractivity contribution in [3.8, 4) is 5.75 Å². The third-order valence-electron chi connectivity index (χ3n) is 3.06. The van der Waals surface area contributed by atoms with Crippen LogP contribution in [0.4, 0.5) is 0 Å². The average Bonchev–Trinajstić information content (AvgIpc) is 2.41. The standard InChI is InChI=1S/C15H16O3/c1-12(16)15(17-2)10-8-14(9-11-15)18-13-6-4-3-5-7-13/h3-10H,11H2,1-2H3. The first-order valence-corrected chi connectivity index (χ1v) is 5.85. The maximum Gasteiger partial charge on any atom is 0.165 e. The summed E-state index contributed by atoms with van der Waals surface area (Å²) in [5, 5.41) is 0. The molecule has 0 saturated heterocycles. The molecule has 94 valence electrons. The molecule has 0 saturated carbocycles. The number of benzene rings is 1. The van der Waals surface area contributed by atoms with Gasteiger partial charge in [-0.1, -0.05) is 18.2 Å². The highest BCUT2D eigenvalue weighted by atomic mass is 16.5. The van der Waals surface area contributed by atoms with Gasteiger partial charge in [0.2, 0.25) is 0 Å². The number of rotatable bonds is 4. The Morgan fingerprint density at radius 1 is 1.28 bits per heavy atom. The lowest BCUT2D eigenvalue weighted by atomic mass is 9.90. The van der Waals surface area contributed by atoms with Gasteiger partial charge in [0.15, 0.2) is 5.78 Å². The van der Waals surface area contributed by atoms with E-state index in [9.17, 15) is 4.79 Å². The fourth-order valence-corrected chi connectivity index (χ4v) is 1.86. The van der Waals surface area contributed by atoms with Crippen molar-refractivity contribution in [3.63, 3.8) is 0 Å². The highest BCUT2D eigenvalue weighted by Gasteiger charge is 2.33. The largest absolute Gasteiger partial charge is 0.458 e. The summed E-state index contributed by atoms with van der Waals surface area (Å²) in [6.45, 7) is 1.53. The molecule has 18 heavy (non-hydrogen) atoms. The van der Waals surface area contributed by atoms with Gasteiger partial charge in [-0.2, -0.15) is 0 Å². The number of para-hydroxylation sites is 1. The second-order valence-electron chi connectivity index (χ2n) is 4.21. The highest BCUT2D eigenvalue weighted by molar-refractivity contribution is 5.87.